The zero-order chi connectivity index (χ0) is 19.5. The van der Waals surface area contributed by atoms with Crippen LogP contribution in [0.2, 0.25) is 0 Å². The van der Waals surface area contributed by atoms with Gasteiger partial charge in [0.25, 0.3) is 0 Å². The lowest BCUT2D eigenvalue weighted by Crippen LogP contribution is -2.49. The first kappa shape index (κ1) is 19.5. The first-order valence-corrected chi connectivity index (χ1v) is 10.1. The van der Waals surface area contributed by atoms with Crippen molar-refractivity contribution in [2.24, 2.45) is 27.7 Å². The van der Waals surface area contributed by atoms with Crippen LogP contribution in [0.4, 0.5) is 0 Å². The van der Waals surface area contributed by atoms with Gasteiger partial charge in [-0.3, -0.25) is 4.99 Å². The van der Waals surface area contributed by atoms with Crippen molar-refractivity contribution in [3.05, 3.63) is 0 Å². The van der Waals surface area contributed by atoms with Crippen molar-refractivity contribution in [3.8, 4) is 18.2 Å². The normalized spacial score (nSPS) is 38.5. The van der Waals surface area contributed by atoms with Gasteiger partial charge >= 0.3 is 0 Å². The van der Waals surface area contributed by atoms with Crippen molar-refractivity contribution in [3.63, 3.8) is 0 Å². The molecule has 0 bridgehead atoms. The Balaban J connectivity index is 2.10. The number of nitrogens with zero attached hydrogens (tertiary/aromatic N) is 4. The highest BCUT2D eigenvalue weighted by Gasteiger charge is 2.74. The molecular weight excluding hydrogens is 340 g/mol. The molecule has 0 radical (unpaired) electrons. The number of nitriles is 3. The van der Waals surface area contributed by atoms with Gasteiger partial charge in [0.2, 0.25) is 0 Å². The minimum atomic E-state index is -1.64. The lowest BCUT2D eigenvalue weighted by molar-refractivity contribution is -0.109. The molecule has 0 aromatic rings. The van der Waals surface area contributed by atoms with E-state index in [1.54, 1.807) is 0 Å². The van der Waals surface area contributed by atoms with Gasteiger partial charge in [0, 0.05) is 11.6 Å². The third-order valence-corrected chi connectivity index (χ3v) is 6.86. The number of aldehydes is 1. The van der Waals surface area contributed by atoms with E-state index < -0.39 is 28.4 Å². The van der Waals surface area contributed by atoms with Gasteiger partial charge in [0.15, 0.2) is 11.1 Å². The Morgan fingerprint density at radius 3 is 2.11 bits per heavy atom. The van der Waals surface area contributed by atoms with E-state index in [0.717, 1.165) is 38.5 Å². The summed E-state index contributed by atoms with van der Waals surface area (Å²) in [5.41, 5.74) is -4.34. The molecule has 3 rings (SSSR count). The van der Waals surface area contributed by atoms with Crippen molar-refractivity contribution in [2.45, 2.75) is 76.4 Å². The van der Waals surface area contributed by atoms with E-state index in [9.17, 15) is 25.7 Å². The first-order valence-electron chi connectivity index (χ1n) is 10.1. The molecule has 1 N–H and O–H groups in total. The zero-order valence-corrected chi connectivity index (χ0v) is 15.7. The molecule has 1 heterocycles. The van der Waals surface area contributed by atoms with Gasteiger partial charge in [-0.25, -0.2) is 0 Å². The quantitative estimate of drug-likeness (QED) is 0.713. The van der Waals surface area contributed by atoms with Gasteiger partial charge in [-0.05, 0) is 25.7 Å². The average Bonchev–Trinajstić information content (AvgIpc) is 3.08. The van der Waals surface area contributed by atoms with E-state index in [0.29, 0.717) is 19.1 Å². The van der Waals surface area contributed by atoms with Crippen molar-refractivity contribution in [1.29, 1.82) is 15.8 Å². The zero-order valence-electron chi connectivity index (χ0n) is 15.7. The summed E-state index contributed by atoms with van der Waals surface area (Å²) in [6, 6.07) is 6.35. The van der Waals surface area contributed by atoms with Crippen molar-refractivity contribution >= 4 is 12.0 Å². The first-order chi connectivity index (χ1) is 13.0. The molecule has 0 amide bonds. The van der Waals surface area contributed by atoms with Crippen molar-refractivity contribution < 1.29 is 9.90 Å². The van der Waals surface area contributed by atoms with Gasteiger partial charge in [0.05, 0.1) is 24.1 Å². The summed E-state index contributed by atoms with van der Waals surface area (Å²) in [6.45, 7) is 0. The SMILES string of the molecule is N#CC1(C#N)CC(C=O)C2=N[C@]3(O)CCCCCCCCCC[C@@H]3[C@]21C#N. The molecule has 27 heavy (non-hydrogen) atoms. The standard InChI is InChI=1S/C21H26N4O2/c22-13-19(14-23)11-16(12-26)18-20(19,15-24)17-9-7-5-3-1-2-4-6-8-10-21(17,27)25-18/h12,16-17,27H,1-11H2/t16?,17-,20-,21+/m1/s1. The number of rotatable bonds is 1. The Kier molecular flexibility index (Phi) is 5.36. The van der Waals surface area contributed by atoms with Crippen LogP contribution in [0.5, 0.6) is 0 Å². The second-order valence-electron chi connectivity index (χ2n) is 8.29. The number of fused-ring (bicyclic) bond motifs is 3. The third-order valence-electron chi connectivity index (χ3n) is 6.86. The molecule has 4 atom stereocenters. The molecule has 0 spiro atoms. The predicted molar refractivity (Wildman–Crippen MR) is 97.9 cm³/mol. The molecule has 2 fully saturated rings. The average molecular weight is 366 g/mol. The van der Waals surface area contributed by atoms with Crippen LogP contribution >= 0.6 is 0 Å². The molecule has 6 nitrogen and oxygen atoms in total. The molecule has 1 aliphatic heterocycles. The Bertz CT molecular complexity index is 742. The van der Waals surface area contributed by atoms with Crippen molar-refractivity contribution in [2.75, 3.05) is 0 Å². The predicted octanol–water partition coefficient (Wildman–Crippen LogP) is 3.42. The minimum Gasteiger partial charge on any atom is -0.369 e. The summed E-state index contributed by atoms with van der Waals surface area (Å²) in [5, 5.41) is 41.4. The second-order valence-corrected chi connectivity index (χ2v) is 8.29. The highest BCUT2D eigenvalue weighted by Crippen LogP contribution is 2.64. The lowest BCUT2D eigenvalue weighted by atomic mass is 9.58. The summed E-state index contributed by atoms with van der Waals surface area (Å²) in [6.07, 6.45) is 9.78. The molecule has 1 unspecified atom stereocenters. The minimum absolute atomic E-state index is 0.0114. The maximum Gasteiger partial charge on any atom is 0.169 e. The summed E-state index contributed by atoms with van der Waals surface area (Å²) < 4.78 is 0. The van der Waals surface area contributed by atoms with E-state index >= 15 is 0 Å². The molecule has 0 saturated heterocycles. The number of carbonyl (C=O) groups excluding carboxylic acids is 1. The number of carbonyl (C=O) groups is 1. The Morgan fingerprint density at radius 2 is 1.56 bits per heavy atom. The van der Waals surface area contributed by atoms with Gasteiger partial charge in [-0.15, -0.1) is 0 Å². The van der Waals surface area contributed by atoms with E-state index in [4.69, 9.17) is 0 Å². The molecule has 3 aliphatic rings. The second kappa shape index (κ2) is 7.41. The van der Waals surface area contributed by atoms with Crippen LogP contribution in [-0.4, -0.2) is 22.8 Å². The molecule has 0 aromatic carbocycles. The van der Waals surface area contributed by atoms with E-state index in [1.165, 1.54) is 12.8 Å². The van der Waals surface area contributed by atoms with E-state index in [1.807, 2.05) is 0 Å². The van der Waals surface area contributed by atoms with E-state index in [-0.39, 0.29) is 12.1 Å². The van der Waals surface area contributed by atoms with Crippen LogP contribution in [0.1, 0.15) is 70.6 Å². The summed E-state index contributed by atoms with van der Waals surface area (Å²) >= 11 is 0. The van der Waals surface area contributed by atoms with Crippen LogP contribution in [0, 0.1) is 56.7 Å². The Labute approximate surface area is 160 Å². The van der Waals surface area contributed by atoms with Gasteiger partial charge in [0.1, 0.15) is 11.7 Å². The van der Waals surface area contributed by atoms with Crippen LogP contribution in [0.25, 0.3) is 0 Å². The molecule has 2 aliphatic carbocycles. The Hall–Kier alpha value is -2.23. The molecule has 2 saturated carbocycles. The third kappa shape index (κ3) is 2.77. The maximum atomic E-state index is 11.7. The number of aliphatic hydroxyl groups is 1. The monoisotopic (exact) mass is 366 g/mol. The van der Waals surface area contributed by atoms with Crippen LogP contribution in [-0.2, 0) is 4.79 Å². The number of aliphatic imine (C=N–C) groups is 1. The number of hydrogen-bond donors (Lipinski definition) is 1. The molecule has 0 aromatic heterocycles. The maximum absolute atomic E-state index is 11.7. The molecule has 142 valence electrons. The fraction of sp³-hybridized carbons (Fsp3) is 0.762. The van der Waals surface area contributed by atoms with Crippen LogP contribution in [0.3, 0.4) is 0 Å². The Morgan fingerprint density at radius 1 is 0.963 bits per heavy atom. The lowest BCUT2D eigenvalue weighted by Gasteiger charge is -2.39. The fourth-order valence-electron chi connectivity index (χ4n) is 5.49. The molecular formula is C21H26N4O2. The van der Waals surface area contributed by atoms with Crippen LogP contribution in [0.15, 0.2) is 4.99 Å². The number of hydrogen-bond acceptors (Lipinski definition) is 6. The highest BCUT2D eigenvalue weighted by atomic mass is 16.3. The van der Waals surface area contributed by atoms with Crippen LogP contribution < -0.4 is 0 Å². The highest BCUT2D eigenvalue weighted by molar-refractivity contribution is 6.08. The summed E-state index contributed by atoms with van der Waals surface area (Å²) in [4.78, 5) is 16.2. The summed E-state index contributed by atoms with van der Waals surface area (Å²) in [5.74, 6) is -1.37. The van der Waals surface area contributed by atoms with Crippen molar-refractivity contribution in [1.82, 2.24) is 0 Å². The molecule has 6 heteroatoms. The topological polar surface area (TPSA) is 121 Å². The van der Waals surface area contributed by atoms with E-state index in [2.05, 4.69) is 23.2 Å². The van der Waals surface area contributed by atoms with Gasteiger partial charge < -0.3 is 9.90 Å². The fourth-order valence-corrected chi connectivity index (χ4v) is 5.49. The smallest absolute Gasteiger partial charge is 0.169 e. The van der Waals surface area contributed by atoms with Gasteiger partial charge in [-0.1, -0.05) is 44.9 Å². The largest absolute Gasteiger partial charge is 0.369 e. The summed E-state index contributed by atoms with van der Waals surface area (Å²) in [7, 11) is 0. The van der Waals surface area contributed by atoms with Gasteiger partial charge in [-0.2, -0.15) is 15.8 Å².